The van der Waals surface area contributed by atoms with Gasteiger partial charge < -0.3 is 5.32 Å². The molecule has 0 aliphatic heterocycles. The van der Waals surface area contributed by atoms with E-state index < -0.39 is 6.04 Å². The smallest absolute Gasteiger partial charge is 0.278 e. The third kappa shape index (κ3) is 3.56. The van der Waals surface area contributed by atoms with Crippen LogP contribution < -0.4 is 10.9 Å². The number of nitrogens with one attached hydrogen (secondary N) is 1. The van der Waals surface area contributed by atoms with E-state index in [1.54, 1.807) is 4.68 Å². The van der Waals surface area contributed by atoms with Gasteiger partial charge in [-0.25, -0.2) is 9.36 Å². The van der Waals surface area contributed by atoms with Gasteiger partial charge in [0.1, 0.15) is 11.6 Å². The van der Waals surface area contributed by atoms with Gasteiger partial charge in [0.2, 0.25) is 5.91 Å². The Kier molecular flexibility index (Phi) is 5.92. The lowest BCUT2D eigenvalue weighted by molar-refractivity contribution is -0.124. The lowest BCUT2D eigenvalue weighted by Gasteiger charge is -2.17. The highest BCUT2D eigenvalue weighted by Crippen LogP contribution is 2.21. The van der Waals surface area contributed by atoms with Gasteiger partial charge in [-0.2, -0.15) is 10.2 Å². The van der Waals surface area contributed by atoms with E-state index in [-0.39, 0.29) is 11.5 Å². The maximum absolute atomic E-state index is 13.2. The monoisotopic (exact) mass is 381 g/mol. The molecule has 7 nitrogen and oxygen atoms in total. The highest BCUT2D eigenvalue weighted by atomic mass is 16.2. The van der Waals surface area contributed by atoms with E-state index in [0.29, 0.717) is 29.6 Å². The average Bonchev–Trinajstić information content (AvgIpc) is 3.05. The van der Waals surface area contributed by atoms with Crippen LogP contribution in [0.4, 0.5) is 0 Å². The Morgan fingerprint density at radius 2 is 1.86 bits per heavy atom. The molecule has 0 aliphatic rings. The predicted molar refractivity (Wildman–Crippen MR) is 110 cm³/mol. The second-order valence-corrected chi connectivity index (χ2v) is 6.96. The van der Waals surface area contributed by atoms with Crippen LogP contribution in [0.5, 0.6) is 0 Å². The second kappa shape index (κ2) is 8.37. The molecule has 148 valence electrons. The van der Waals surface area contributed by atoms with Crippen molar-refractivity contribution in [3.63, 3.8) is 0 Å². The van der Waals surface area contributed by atoms with Gasteiger partial charge in [-0.3, -0.25) is 9.59 Å². The molecule has 7 heteroatoms. The first-order valence-electron chi connectivity index (χ1n) is 9.81. The molecule has 0 aliphatic carbocycles. The van der Waals surface area contributed by atoms with Crippen LogP contribution in [0.1, 0.15) is 50.5 Å². The summed E-state index contributed by atoms with van der Waals surface area (Å²) in [6.07, 6.45) is 2.39. The zero-order chi connectivity index (χ0) is 20.3. The fourth-order valence-corrected chi connectivity index (χ4v) is 3.39. The van der Waals surface area contributed by atoms with Crippen molar-refractivity contribution in [2.75, 3.05) is 6.54 Å². The van der Waals surface area contributed by atoms with Crippen LogP contribution in [0.15, 0.2) is 35.1 Å². The van der Waals surface area contributed by atoms with E-state index in [1.807, 2.05) is 51.1 Å². The number of carbonyl (C=O) groups is 1. The molecule has 2 aromatic heterocycles. The molecule has 1 amide bonds. The SMILES string of the molecule is CCCCNC(=O)C(CC)n1nc(C)c2nn(-c3ccccc3)c(C)c2c1=O. The summed E-state index contributed by atoms with van der Waals surface area (Å²) in [5.41, 5.74) is 2.55. The number of hydrogen-bond acceptors (Lipinski definition) is 4. The minimum Gasteiger partial charge on any atom is -0.354 e. The Morgan fingerprint density at radius 3 is 2.50 bits per heavy atom. The molecule has 0 saturated heterocycles. The normalized spacial score (nSPS) is 12.3. The minimum atomic E-state index is -0.632. The number of benzene rings is 1. The van der Waals surface area contributed by atoms with Crippen LogP contribution in [0.2, 0.25) is 0 Å². The number of carbonyl (C=O) groups excluding carboxylic acids is 1. The van der Waals surface area contributed by atoms with Crippen LogP contribution in [-0.2, 0) is 4.79 Å². The van der Waals surface area contributed by atoms with Gasteiger partial charge in [-0.05, 0) is 38.8 Å². The number of fused-ring (bicyclic) bond motifs is 1. The number of rotatable bonds is 7. The highest BCUT2D eigenvalue weighted by Gasteiger charge is 2.25. The Hall–Kier alpha value is -2.96. The number of unbranched alkanes of at least 4 members (excludes halogenated alkanes) is 1. The van der Waals surface area contributed by atoms with Crippen LogP contribution in [-0.4, -0.2) is 32.0 Å². The summed E-state index contributed by atoms with van der Waals surface area (Å²) in [4.78, 5) is 25.9. The molecule has 0 saturated carbocycles. The lowest BCUT2D eigenvalue weighted by Crippen LogP contribution is -2.39. The van der Waals surface area contributed by atoms with Crippen molar-refractivity contribution in [3.8, 4) is 5.69 Å². The number of aryl methyl sites for hydroxylation is 2. The predicted octanol–water partition coefficient (Wildman–Crippen LogP) is 3.07. The lowest BCUT2D eigenvalue weighted by atomic mass is 10.2. The first-order valence-corrected chi connectivity index (χ1v) is 9.81. The number of amides is 1. The maximum Gasteiger partial charge on any atom is 0.278 e. The van der Waals surface area contributed by atoms with Crippen molar-refractivity contribution in [1.82, 2.24) is 24.9 Å². The third-order valence-corrected chi connectivity index (χ3v) is 4.95. The average molecular weight is 381 g/mol. The molecule has 0 spiro atoms. The van der Waals surface area contributed by atoms with Gasteiger partial charge >= 0.3 is 0 Å². The van der Waals surface area contributed by atoms with E-state index in [0.717, 1.165) is 24.2 Å². The van der Waals surface area contributed by atoms with Crippen LogP contribution >= 0.6 is 0 Å². The number of nitrogens with zero attached hydrogens (tertiary/aromatic N) is 4. The van der Waals surface area contributed by atoms with Crippen molar-refractivity contribution in [3.05, 3.63) is 52.1 Å². The fourth-order valence-electron chi connectivity index (χ4n) is 3.39. The Morgan fingerprint density at radius 1 is 1.14 bits per heavy atom. The van der Waals surface area contributed by atoms with E-state index in [9.17, 15) is 9.59 Å². The summed E-state index contributed by atoms with van der Waals surface area (Å²) in [5, 5.41) is 12.5. The third-order valence-electron chi connectivity index (χ3n) is 4.95. The molecule has 1 aromatic carbocycles. The van der Waals surface area contributed by atoms with E-state index in [1.165, 1.54) is 4.68 Å². The van der Waals surface area contributed by atoms with Crippen molar-refractivity contribution in [2.45, 2.75) is 53.0 Å². The van der Waals surface area contributed by atoms with Crippen LogP contribution in [0.3, 0.4) is 0 Å². The molecule has 1 N–H and O–H groups in total. The van der Waals surface area contributed by atoms with Gasteiger partial charge in [-0.15, -0.1) is 0 Å². The molecule has 3 rings (SSSR count). The van der Waals surface area contributed by atoms with Gasteiger partial charge in [0.05, 0.1) is 22.5 Å². The van der Waals surface area contributed by atoms with E-state index in [2.05, 4.69) is 22.4 Å². The van der Waals surface area contributed by atoms with Crippen molar-refractivity contribution in [2.24, 2.45) is 0 Å². The summed E-state index contributed by atoms with van der Waals surface area (Å²) in [6.45, 7) is 8.25. The van der Waals surface area contributed by atoms with Crippen LogP contribution in [0.25, 0.3) is 16.6 Å². The molecular formula is C21H27N5O2. The molecule has 28 heavy (non-hydrogen) atoms. The first kappa shape index (κ1) is 19.8. The van der Waals surface area contributed by atoms with Gasteiger partial charge in [0.15, 0.2) is 0 Å². The number of para-hydroxylation sites is 1. The van der Waals surface area contributed by atoms with Gasteiger partial charge in [-0.1, -0.05) is 38.5 Å². The molecule has 1 atom stereocenters. The molecule has 1 unspecified atom stereocenters. The van der Waals surface area contributed by atoms with Crippen molar-refractivity contribution >= 4 is 16.8 Å². The number of hydrogen-bond donors (Lipinski definition) is 1. The molecule has 2 heterocycles. The van der Waals surface area contributed by atoms with E-state index in [4.69, 9.17) is 0 Å². The molecule has 0 fully saturated rings. The summed E-state index contributed by atoms with van der Waals surface area (Å²) >= 11 is 0. The summed E-state index contributed by atoms with van der Waals surface area (Å²) in [5.74, 6) is -0.169. The fraction of sp³-hybridized carbons (Fsp3) is 0.429. The van der Waals surface area contributed by atoms with E-state index >= 15 is 0 Å². The molecule has 0 radical (unpaired) electrons. The summed E-state index contributed by atoms with van der Waals surface area (Å²) < 4.78 is 3.08. The van der Waals surface area contributed by atoms with Gasteiger partial charge in [0.25, 0.3) is 5.56 Å². The maximum atomic E-state index is 13.2. The zero-order valence-corrected chi connectivity index (χ0v) is 16.9. The molecular weight excluding hydrogens is 354 g/mol. The standard InChI is InChI=1S/C21H27N5O2/c1-5-7-13-22-20(27)17(6-2)26-21(28)18-15(4)25(16-11-9-8-10-12-16)24-19(18)14(3)23-26/h8-12,17H,5-7,13H2,1-4H3,(H,22,27). The van der Waals surface area contributed by atoms with Crippen molar-refractivity contribution in [1.29, 1.82) is 0 Å². The first-order chi connectivity index (χ1) is 13.5. The largest absolute Gasteiger partial charge is 0.354 e. The summed E-state index contributed by atoms with van der Waals surface area (Å²) in [6, 6.07) is 9.04. The molecule has 0 bridgehead atoms. The van der Waals surface area contributed by atoms with Crippen LogP contribution in [0, 0.1) is 13.8 Å². The topological polar surface area (TPSA) is 81.8 Å². The minimum absolute atomic E-state index is 0.169. The Balaban J connectivity index is 2.10. The second-order valence-electron chi connectivity index (χ2n) is 6.96. The summed E-state index contributed by atoms with van der Waals surface area (Å²) in [7, 11) is 0. The number of aromatic nitrogens is 4. The highest BCUT2D eigenvalue weighted by molar-refractivity contribution is 5.84. The quantitative estimate of drug-likeness (QED) is 0.638. The van der Waals surface area contributed by atoms with Gasteiger partial charge in [0, 0.05) is 6.54 Å². The van der Waals surface area contributed by atoms with Crippen molar-refractivity contribution < 1.29 is 4.79 Å². The molecule has 3 aromatic rings. The Labute approximate surface area is 164 Å². The Bertz CT molecular complexity index is 1040. The zero-order valence-electron chi connectivity index (χ0n) is 16.9.